The number of likely N-dealkylation sites (N-methyl/N-ethyl adjacent to an activating group) is 1. The van der Waals surface area contributed by atoms with Gasteiger partial charge in [0.15, 0.2) is 0 Å². The van der Waals surface area contributed by atoms with Crippen LogP contribution in [0.2, 0.25) is 0 Å². The predicted octanol–water partition coefficient (Wildman–Crippen LogP) is 1.51. The van der Waals surface area contributed by atoms with E-state index in [0.717, 1.165) is 37.1 Å². The Labute approximate surface area is 115 Å². The number of hydrogen-bond acceptors (Lipinski definition) is 3. The summed E-state index contributed by atoms with van der Waals surface area (Å²) in [5, 5.41) is 3.26. The van der Waals surface area contributed by atoms with Gasteiger partial charge in [-0.25, -0.2) is 12.7 Å². The smallest absolute Gasteiger partial charge is 0.218 e. The molecule has 1 fully saturated rings. The first kappa shape index (κ1) is 14.5. The van der Waals surface area contributed by atoms with E-state index >= 15 is 0 Å². The summed E-state index contributed by atoms with van der Waals surface area (Å²) < 4.78 is 26.4. The summed E-state index contributed by atoms with van der Waals surface area (Å²) >= 11 is 0. The quantitative estimate of drug-likeness (QED) is 0.910. The van der Waals surface area contributed by atoms with Gasteiger partial charge in [-0.1, -0.05) is 24.3 Å². The standard InChI is InChI=1S/C14H22N2O2S/c1-12-6-3-4-7-13(12)11-19(17,18)16(2)14-8-5-9-15-10-14/h3-4,6-7,14-15H,5,8-11H2,1-2H3. The van der Waals surface area contributed by atoms with Crippen molar-refractivity contribution in [2.24, 2.45) is 0 Å². The van der Waals surface area contributed by atoms with E-state index in [0.29, 0.717) is 0 Å². The maximum Gasteiger partial charge on any atom is 0.218 e. The molecule has 1 unspecified atom stereocenters. The van der Waals surface area contributed by atoms with Crippen molar-refractivity contribution in [2.75, 3.05) is 20.1 Å². The molecule has 5 heteroatoms. The maximum atomic E-state index is 12.4. The first-order chi connectivity index (χ1) is 9.00. The molecule has 106 valence electrons. The molecular weight excluding hydrogens is 260 g/mol. The SMILES string of the molecule is Cc1ccccc1CS(=O)(=O)N(C)C1CCCNC1. The molecule has 1 aliphatic rings. The van der Waals surface area contributed by atoms with Crippen molar-refractivity contribution in [3.05, 3.63) is 35.4 Å². The Balaban J connectivity index is 2.11. The lowest BCUT2D eigenvalue weighted by atomic mass is 10.1. The lowest BCUT2D eigenvalue weighted by Gasteiger charge is -2.31. The van der Waals surface area contributed by atoms with E-state index in [-0.39, 0.29) is 11.8 Å². The highest BCUT2D eigenvalue weighted by molar-refractivity contribution is 7.88. The lowest BCUT2D eigenvalue weighted by Crippen LogP contribution is -2.46. The van der Waals surface area contributed by atoms with Crippen LogP contribution in [0.25, 0.3) is 0 Å². The average molecular weight is 282 g/mol. The van der Waals surface area contributed by atoms with Gasteiger partial charge >= 0.3 is 0 Å². The van der Waals surface area contributed by atoms with Crippen LogP contribution in [0.1, 0.15) is 24.0 Å². The van der Waals surface area contributed by atoms with Gasteiger partial charge in [-0.2, -0.15) is 0 Å². The van der Waals surface area contributed by atoms with Gasteiger partial charge in [-0.3, -0.25) is 0 Å². The van der Waals surface area contributed by atoms with Crippen LogP contribution in [0.4, 0.5) is 0 Å². The fourth-order valence-corrected chi connectivity index (χ4v) is 4.00. The first-order valence-electron chi connectivity index (χ1n) is 6.71. The van der Waals surface area contributed by atoms with E-state index in [4.69, 9.17) is 0 Å². The van der Waals surface area contributed by atoms with Crippen molar-refractivity contribution < 1.29 is 8.42 Å². The zero-order valence-electron chi connectivity index (χ0n) is 11.6. The molecule has 1 saturated heterocycles. The van der Waals surface area contributed by atoms with Crippen molar-refractivity contribution in [1.29, 1.82) is 0 Å². The number of rotatable bonds is 4. The van der Waals surface area contributed by atoms with Gasteiger partial charge in [-0.15, -0.1) is 0 Å². The van der Waals surface area contributed by atoms with E-state index in [9.17, 15) is 8.42 Å². The molecule has 1 heterocycles. The fraction of sp³-hybridized carbons (Fsp3) is 0.571. The van der Waals surface area contributed by atoms with Gasteiger partial charge in [0.1, 0.15) is 0 Å². The van der Waals surface area contributed by atoms with Crippen molar-refractivity contribution in [3.8, 4) is 0 Å². The van der Waals surface area contributed by atoms with E-state index in [1.807, 2.05) is 31.2 Å². The van der Waals surface area contributed by atoms with Crippen LogP contribution in [0, 0.1) is 6.92 Å². The zero-order valence-corrected chi connectivity index (χ0v) is 12.4. The van der Waals surface area contributed by atoms with Crippen molar-refractivity contribution >= 4 is 10.0 Å². The monoisotopic (exact) mass is 282 g/mol. The molecular formula is C14H22N2O2S. The van der Waals surface area contributed by atoms with E-state index in [1.165, 1.54) is 0 Å². The summed E-state index contributed by atoms with van der Waals surface area (Å²) in [6, 6.07) is 7.75. The number of nitrogens with one attached hydrogen (secondary N) is 1. The van der Waals surface area contributed by atoms with Crippen LogP contribution in [0.5, 0.6) is 0 Å². The topological polar surface area (TPSA) is 49.4 Å². The van der Waals surface area contributed by atoms with Crippen LogP contribution >= 0.6 is 0 Å². The second-order valence-electron chi connectivity index (χ2n) is 5.20. The largest absolute Gasteiger partial charge is 0.315 e. The third-order valence-corrected chi connectivity index (χ3v) is 5.67. The van der Waals surface area contributed by atoms with E-state index in [2.05, 4.69) is 5.32 Å². The molecule has 2 rings (SSSR count). The Hall–Kier alpha value is -0.910. The van der Waals surface area contributed by atoms with E-state index in [1.54, 1.807) is 11.4 Å². The Morgan fingerprint density at radius 1 is 1.37 bits per heavy atom. The summed E-state index contributed by atoms with van der Waals surface area (Å²) in [5.41, 5.74) is 1.92. The van der Waals surface area contributed by atoms with E-state index < -0.39 is 10.0 Å². The van der Waals surface area contributed by atoms with Gasteiger partial charge in [0.25, 0.3) is 0 Å². The number of piperidine rings is 1. The molecule has 0 spiro atoms. The fourth-order valence-electron chi connectivity index (χ4n) is 2.44. The van der Waals surface area contributed by atoms with Crippen molar-refractivity contribution in [1.82, 2.24) is 9.62 Å². The third-order valence-electron chi connectivity index (χ3n) is 3.82. The van der Waals surface area contributed by atoms with Gasteiger partial charge < -0.3 is 5.32 Å². The number of sulfonamides is 1. The minimum atomic E-state index is -3.24. The number of hydrogen-bond donors (Lipinski definition) is 1. The Bertz CT molecular complexity index is 522. The summed E-state index contributed by atoms with van der Waals surface area (Å²) in [6.45, 7) is 3.69. The molecule has 1 N–H and O–H groups in total. The minimum absolute atomic E-state index is 0.0859. The normalized spacial score (nSPS) is 20.7. The molecule has 1 aromatic rings. The molecule has 1 aromatic carbocycles. The van der Waals surface area contributed by atoms with Gasteiger partial charge in [0.2, 0.25) is 10.0 Å². The molecule has 0 aromatic heterocycles. The highest BCUT2D eigenvalue weighted by Gasteiger charge is 2.27. The summed E-state index contributed by atoms with van der Waals surface area (Å²) in [7, 11) is -1.54. The highest BCUT2D eigenvalue weighted by Crippen LogP contribution is 2.18. The Morgan fingerprint density at radius 2 is 2.11 bits per heavy atom. The molecule has 0 radical (unpaired) electrons. The molecule has 1 atom stereocenters. The first-order valence-corrected chi connectivity index (χ1v) is 8.32. The second kappa shape index (κ2) is 6.03. The highest BCUT2D eigenvalue weighted by atomic mass is 32.2. The lowest BCUT2D eigenvalue weighted by molar-refractivity contribution is 0.300. The average Bonchev–Trinajstić information content (AvgIpc) is 2.41. The van der Waals surface area contributed by atoms with Gasteiger partial charge in [0.05, 0.1) is 5.75 Å². The molecule has 4 nitrogen and oxygen atoms in total. The molecule has 1 aliphatic heterocycles. The van der Waals surface area contributed by atoms with Crippen molar-refractivity contribution in [3.63, 3.8) is 0 Å². The number of nitrogens with zero attached hydrogens (tertiary/aromatic N) is 1. The molecule has 19 heavy (non-hydrogen) atoms. The maximum absolute atomic E-state index is 12.4. The second-order valence-corrected chi connectivity index (χ2v) is 7.23. The predicted molar refractivity (Wildman–Crippen MR) is 77.5 cm³/mol. The van der Waals surface area contributed by atoms with Crippen LogP contribution < -0.4 is 5.32 Å². The Kier molecular flexibility index (Phi) is 4.60. The number of benzene rings is 1. The zero-order chi connectivity index (χ0) is 13.9. The van der Waals surface area contributed by atoms with Crippen LogP contribution in [-0.2, 0) is 15.8 Å². The molecule has 0 aliphatic carbocycles. The van der Waals surface area contributed by atoms with Crippen LogP contribution in [0.3, 0.4) is 0 Å². The van der Waals surface area contributed by atoms with Crippen LogP contribution in [-0.4, -0.2) is 38.9 Å². The van der Waals surface area contributed by atoms with Crippen molar-refractivity contribution in [2.45, 2.75) is 31.6 Å². The summed E-state index contributed by atoms with van der Waals surface area (Å²) in [5.74, 6) is 0.0900. The van der Waals surface area contributed by atoms with Gasteiger partial charge in [0, 0.05) is 19.6 Å². The Morgan fingerprint density at radius 3 is 2.74 bits per heavy atom. The third kappa shape index (κ3) is 3.55. The minimum Gasteiger partial charge on any atom is -0.315 e. The van der Waals surface area contributed by atoms with Crippen LogP contribution in [0.15, 0.2) is 24.3 Å². The number of aryl methyl sites for hydroxylation is 1. The molecule has 0 bridgehead atoms. The summed E-state index contributed by atoms with van der Waals surface area (Å²) in [4.78, 5) is 0. The molecule has 0 amide bonds. The van der Waals surface area contributed by atoms with Gasteiger partial charge in [-0.05, 0) is 37.4 Å². The summed E-state index contributed by atoms with van der Waals surface area (Å²) in [6.07, 6.45) is 1.98. The molecule has 0 saturated carbocycles.